The predicted octanol–water partition coefficient (Wildman–Crippen LogP) is 5.12. The highest BCUT2D eigenvalue weighted by atomic mass is 35.5. The van der Waals surface area contributed by atoms with E-state index in [4.69, 9.17) is 11.6 Å². The first-order valence-electron chi connectivity index (χ1n) is 11.1. The second-order valence-corrected chi connectivity index (χ2v) is 10.7. The average Bonchev–Trinajstić information content (AvgIpc) is 2.86. The summed E-state index contributed by atoms with van der Waals surface area (Å²) in [5.41, 5.74) is 0.191. The molecule has 1 heterocycles. The Morgan fingerprint density at radius 1 is 0.917 bits per heavy atom. The summed E-state index contributed by atoms with van der Waals surface area (Å²) < 4.78 is 66.2. The average molecular weight is 538 g/mol. The van der Waals surface area contributed by atoms with Crippen molar-refractivity contribution in [2.75, 3.05) is 31.5 Å². The molecule has 6 nitrogen and oxygen atoms in total. The second-order valence-electron chi connectivity index (χ2n) is 8.34. The molecule has 4 rings (SSSR count). The maximum atomic E-state index is 13.0. The van der Waals surface area contributed by atoms with Gasteiger partial charge in [-0.25, -0.2) is 8.42 Å². The summed E-state index contributed by atoms with van der Waals surface area (Å²) in [4.78, 5) is 14.9. The summed E-state index contributed by atoms with van der Waals surface area (Å²) in [5, 5.41) is 2.02. The molecule has 1 fully saturated rings. The molecule has 11 heteroatoms. The van der Waals surface area contributed by atoms with Crippen LogP contribution in [0.25, 0.3) is 0 Å². The number of rotatable bonds is 6. The zero-order valence-electron chi connectivity index (χ0n) is 19.0. The summed E-state index contributed by atoms with van der Waals surface area (Å²) in [6.07, 6.45) is -4.63. The quantitative estimate of drug-likeness (QED) is 0.474. The zero-order valence-corrected chi connectivity index (χ0v) is 20.6. The molecule has 1 amide bonds. The van der Waals surface area contributed by atoms with E-state index in [1.807, 2.05) is 0 Å². The summed E-state index contributed by atoms with van der Waals surface area (Å²) in [5.74, 6) is -0.545. The predicted molar refractivity (Wildman–Crippen MR) is 131 cm³/mol. The van der Waals surface area contributed by atoms with Crippen molar-refractivity contribution in [2.24, 2.45) is 0 Å². The minimum atomic E-state index is -4.63. The van der Waals surface area contributed by atoms with Gasteiger partial charge in [0.1, 0.15) is 0 Å². The number of carbonyl (C=O) groups is 1. The van der Waals surface area contributed by atoms with Crippen LogP contribution in [0, 0.1) is 0 Å². The minimum absolute atomic E-state index is 0.0101. The van der Waals surface area contributed by atoms with Crippen LogP contribution in [0.2, 0.25) is 5.02 Å². The lowest BCUT2D eigenvalue weighted by atomic mass is 10.1. The van der Waals surface area contributed by atoms with Crippen molar-refractivity contribution >= 4 is 33.2 Å². The van der Waals surface area contributed by atoms with Gasteiger partial charge >= 0.3 is 6.18 Å². The lowest BCUT2D eigenvalue weighted by molar-refractivity contribution is -0.137. The topological polar surface area (TPSA) is 69.7 Å². The number of hydrogen-bond acceptors (Lipinski definition) is 4. The molecule has 0 unspecified atom stereocenters. The summed E-state index contributed by atoms with van der Waals surface area (Å²) in [6, 6.07) is 18.3. The molecule has 1 aliphatic heterocycles. The number of piperazine rings is 1. The second kappa shape index (κ2) is 10.6. The Hall–Kier alpha value is -2.92. The van der Waals surface area contributed by atoms with Gasteiger partial charge < -0.3 is 5.32 Å². The molecule has 0 aromatic heterocycles. The highest BCUT2D eigenvalue weighted by Gasteiger charge is 2.33. The number of anilines is 1. The van der Waals surface area contributed by atoms with Crippen LogP contribution in [0.1, 0.15) is 21.5 Å². The molecule has 1 aliphatic rings. The molecule has 36 heavy (non-hydrogen) atoms. The maximum Gasteiger partial charge on any atom is 0.417 e. The Balaban J connectivity index is 1.33. The normalized spacial score (nSPS) is 15.6. The Morgan fingerprint density at radius 2 is 1.56 bits per heavy atom. The van der Waals surface area contributed by atoms with E-state index in [1.165, 1.54) is 10.4 Å². The molecule has 0 saturated carbocycles. The number of hydrogen-bond donors (Lipinski definition) is 1. The van der Waals surface area contributed by atoms with Crippen molar-refractivity contribution in [3.8, 4) is 0 Å². The fourth-order valence-corrected chi connectivity index (χ4v) is 5.58. The van der Waals surface area contributed by atoms with Crippen LogP contribution in [-0.4, -0.2) is 49.7 Å². The van der Waals surface area contributed by atoms with Gasteiger partial charge in [0.05, 0.1) is 15.5 Å². The number of carbonyl (C=O) groups excluding carboxylic acids is 1. The summed E-state index contributed by atoms with van der Waals surface area (Å²) >= 11 is 5.62. The zero-order chi connectivity index (χ0) is 25.9. The van der Waals surface area contributed by atoms with Gasteiger partial charge in [0.15, 0.2) is 0 Å². The van der Waals surface area contributed by atoms with Crippen molar-refractivity contribution in [1.29, 1.82) is 0 Å². The van der Waals surface area contributed by atoms with Gasteiger partial charge in [0.2, 0.25) is 10.0 Å². The Labute approximate surface area is 212 Å². The van der Waals surface area contributed by atoms with Crippen LogP contribution in [-0.2, 0) is 22.7 Å². The number of nitrogens with one attached hydrogen (secondary N) is 1. The van der Waals surface area contributed by atoms with Gasteiger partial charge in [-0.3, -0.25) is 9.69 Å². The third kappa shape index (κ3) is 6.07. The Kier molecular flexibility index (Phi) is 7.70. The van der Waals surface area contributed by atoms with Crippen LogP contribution >= 0.6 is 11.6 Å². The molecular formula is C25H23ClF3N3O3S. The number of halogens is 4. The highest BCUT2D eigenvalue weighted by molar-refractivity contribution is 7.89. The monoisotopic (exact) mass is 537 g/mol. The summed E-state index contributed by atoms with van der Waals surface area (Å²) in [7, 11) is -3.52. The first-order chi connectivity index (χ1) is 17.0. The maximum absolute atomic E-state index is 13.0. The molecule has 0 spiro atoms. The third-order valence-electron chi connectivity index (χ3n) is 5.86. The van der Waals surface area contributed by atoms with E-state index < -0.39 is 32.7 Å². The van der Waals surface area contributed by atoms with Gasteiger partial charge in [-0.15, -0.1) is 0 Å². The lowest BCUT2D eigenvalue weighted by Gasteiger charge is -2.34. The van der Waals surface area contributed by atoms with Crippen molar-refractivity contribution in [2.45, 2.75) is 17.6 Å². The van der Waals surface area contributed by atoms with E-state index in [0.717, 1.165) is 17.7 Å². The Morgan fingerprint density at radius 3 is 2.17 bits per heavy atom. The summed E-state index contributed by atoms with van der Waals surface area (Å²) in [6.45, 7) is 2.45. The van der Waals surface area contributed by atoms with Crippen LogP contribution in [0.3, 0.4) is 0 Å². The highest BCUT2D eigenvalue weighted by Crippen LogP contribution is 2.36. The van der Waals surface area contributed by atoms with Gasteiger partial charge in [-0.1, -0.05) is 41.9 Å². The van der Waals surface area contributed by atoms with Gasteiger partial charge in [0, 0.05) is 44.0 Å². The first-order valence-corrected chi connectivity index (χ1v) is 12.9. The SMILES string of the molecule is O=C(Nc1ccc(Cl)c(C(F)(F)F)c1)c1ccc(CN2CCN(S(=O)(=O)c3ccccc3)CC2)cc1. The molecule has 1 saturated heterocycles. The molecule has 0 atom stereocenters. The number of sulfonamides is 1. The third-order valence-corrected chi connectivity index (χ3v) is 8.11. The number of amides is 1. The van der Waals surface area contributed by atoms with Crippen molar-refractivity contribution in [1.82, 2.24) is 9.21 Å². The molecule has 0 bridgehead atoms. The van der Waals surface area contributed by atoms with Crippen LogP contribution in [0.15, 0.2) is 77.7 Å². The molecule has 190 valence electrons. The Bertz CT molecular complexity index is 1330. The van der Waals surface area contributed by atoms with Crippen molar-refractivity contribution < 1.29 is 26.4 Å². The smallest absolute Gasteiger partial charge is 0.322 e. The molecule has 0 radical (unpaired) electrons. The number of benzene rings is 3. The van der Waals surface area contributed by atoms with E-state index in [2.05, 4.69) is 10.2 Å². The molecule has 0 aliphatic carbocycles. The largest absolute Gasteiger partial charge is 0.417 e. The van der Waals surface area contributed by atoms with E-state index in [9.17, 15) is 26.4 Å². The van der Waals surface area contributed by atoms with Gasteiger partial charge in [-0.05, 0) is 48.0 Å². The van der Waals surface area contributed by atoms with E-state index >= 15 is 0 Å². The fourth-order valence-electron chi connectivity index (χ4n) is 3.91. The standard InChI is InChI=1S/C25H23ClF3N3O3S/c26-23-11-10-20(16-22(23)25(27,28)29)30-24(33)19-8-6-18(7-9-19)17-31-12-14-32(15-13-31)36(34,35)21-4-2-1-3-5-21/h1-11,16H,12-15,17H2,(H,30,33). The fraction of sp³-hybridized carbons (Fsp3) is 0.240. The van der Waals surface area contributed by atoms with Crippen molar-refractivity contribution in [3.05, 3.63) is 94.5 Å². The number of alkyl halides is 3. The van der Waals surface area contributed by atoms with E-state index in [-0.39, 0.29) is 10.6 Å². The van der Waals surface area contributed by atoms with E-state index in [1.54, 1.807) is 54.6 Å². The van der Waals surface area contributed by atoms with Crippen molar-refractivity contribution in [3.63, 3.8) is 0 Å². The van der Waals surface area contributed by atoms with E-state index in [0.29, 0.717) is 38.3 Å². The molecule has 3 aromatic carbocycles. The van der Waals surface area contributed by atoms with Crippen LogP contribution in [0.4, 0.5) is 18.9 Å². The molecular weight excluding hydrogens is 515 g/mol. The lowest BCUT2D eigenvalue weighted by Crippen LogP contribution is -2.48. The van der Waals surface area contributed by atoms with Crippen LogP contribution < -0.4 is 5.32 Å². The van der Waals surface area contributed by atoms with Gasteiger partial charge in [-0.2, -0.15) is 17.5 Å². The van der Waals surface area contributed by atoms with Crippen LogP contribution in [0.5, 0.6) is 0 Å². The molecule has 1 N–H and O–H groups in total. The minimum Gasteiger partial charge on any atom is -0.322 e. The van der Waals surface area contributed by atoms with Gasteiger partial charge in [0.25, 0.3) is 5.91 Å². The first kappa shape index (κ1) is 26.2. The number of nitrogens with zero attached hydrogens (tertiary/aromatic N) is 2. The molecule has 3 aromatic rings.